The van der Waals surface area contributed by atoms with Gasteiger partial charge in [-0.05, 0) is 67.8 Å². The van der Waals surface area contributed by atoms with Crippen LogP contribution in [0.4, 0.5) is 5.69 Å². The van der Waals surface area contributed by atoms with Crippen molar-refractivity contribution in [2.24, 2.45) is 12.5 Å². The van der Waals surface area contributed by atoms with Crippen LogP contribution in [0.5, 0.6) is 0 Å². The molecule has 5 aromatic rings. The van der Waals surface area contributed by atoms with Gasteiger partial charge < -0.3 is 24.7 Å². The molecule has 47 heavy (non-hydrogen) atoms. The molecule has 3 aromatic carbocycles. The van der Waals surface area contributed by atoms with Crippen LogP contribution in [0, 0.1) is 23.7 Å². The molecular formula is C35H32ClN7O4. The van der Waals surface area contributed by atoms with E-state index in [-0.39, 0.29) is 5.91 Å². The number of nitrogens with one attached hydrogen (secondary N) is 2. The fraction of sp³-hybridized carbons (Fsp3) is 0.286. The number of carboxylic acid groups (broad SMARTS) is 1. The molecule has 0 radical (unpaired) electrons. The summed E-state index contributed by atoms with van der Waals surface area (Å²) in [6, 6.07) is 17.1. The Morgan fingerprint density at radius 1 is 1.15 bits per heavy atom. The molecule has 2 aromatic heterocycles. The molecule has 3 N–H and O–H groups in total. The highest BCUT2D eigenvalue weighted by molar-refractivity contribution is 6.36. The molecule has 0 saturated carbocycles. The summed E-state index contributed by atoms with van der Waals surface area (Å²) in [6.07, 6.45) is 0.572. The van der Waals surface area contributed by atoms with Crippen LogP contribution in [0.1, 0.15) is 52.0 Å². The Kier molecular flexibility index (Phi) is 7.59. The Morgan fingerprint density at radius 3 is 2.66 bits per heavy atom. The lowest BCUT2D eigenvalue weighted by Crippen LogP contribution is -2.31. The van der Waals surface area contributed by atoms with Crippen LogP contribution in [0.15, 0.2) is 52.9 Å². The average Bonchev–Trinajstić information content (AvgIpc) is 3.83. The lowest BCUT2D eigenvalue weighted by Gasteiger charge is -2.20. The molecule has 0 spiro atoms. The Hall–Kier alpha value is -5.02. The molecule has 1 amide bonds. The van der Waals surface area contributed by atoms with Gasteiger partial charge in [0, 0.05) is 44.4 Å². The van der Waals surface area contributed by atoms with Crippen LogP contribution in [0.3, 0.4) is 0 Å². The van der Waals surface area contributed by atoms with Crippen LogP contribution in [-0.2, 0) is 31.5 Å². The number of nitrogens with zero attached hydrogens (tertiary/aromatic N) is 5. The number of carboxylic acids is 1. The standard InChI is InChI=1S/C35H32ClN7O4/c1-19-22(24-8-5-9-25(29(24)36)40-32(44)31-39-27-15-38-16-28(27)42(31)3)6-4-7-23(19)33-41-26-13-20(12-21(14-37)30(26)47-33)17-43-11-10-35(2,18-43)34(45)46/h4-9,12-13,38H,10-11,15-18H2,1-3H3,(H,40,44)(H,45,46). The number of likely N-dealkylation sites (tertiary alicyclic amines) is 1. The number of aromatic nitrogens is 3. The zero-order valence-electron chi connectivity index (χ0n) is 26.1. The molecular weight excluding hydrogens is 618 g/mol. The van der Waals surface area contributed by atoms with Gasteiger partial charge in [-0.1, -0.05) is 35.9 Å². The van der Waals surface area contributed by atoms with Crippen LogP contribution < -0.4 is 10.6 Å². The summed E-state index contributed by atoms with van der Waals surface area (Å²) < 4.78 is 8.01. The molecule has 1 atom stereocenters. The van der Waals surface area contributed by atoms with Crippen molar-refractivity contribution < 1.29 is 19.1 Å². The number of fused-ring (bicyclic) bond motifs is 2. The highest BCUT2D eigenvalue weighted by atomic mass is 35.5. The highest BCUT2D eigenvalue weighted by Crippen LogP contribution is 2.39. The zero-order valence-corrected chi connectivity index (χ0v) is 26.9. The number of hydrogen-bond acceptors (Lipinski definition) is 8. The van der Waals surface area contributed by atoms with Gasteiger partial charge in [-0.15, -0.1) is 0 Å². The number of carbonyl (C=O) groups is 2. The quantitative estimate of drug-likeness (QED) is 0.196. The minimum absolute atomic E-state index is 0.325. The van der Waals surface area contributed by atoms with E-state index in [9.17, 15) is 20.0 Å². The molecule has 11 nitrogen and oxygen atoms in total. The summed E-state index contributed by atoms with van der Waals surface area (Å²) in [5.41, 5.74) is 6.90. The summed E-state index contributed by atoms with van der Waals surface area (Å²) in [5, 5.41) is 26.1. The first-order chi connectivity index (χ1) is 22.6. The number of amides is 1. The average molecular weight is 650 g/mol. The number of halogens is 1. The molecule has 12 heteroatoms. The maximum absolute atomic E-state index is 13.2. The number of nitriles is 1. The first-order valence-electron chi connectivity index (χ1n) is 15.3. The summed E-state index contributed by atoms with van der Waals surface area (Å²) >= 11 is 6.92. The molecule has 4 heterocycles. The third kappa shape index (κ3) is 5.34. The van der Waals surface area contributed by atoms with Crippen molar-refractivity contribution in [2.45, 2.75) is 39.9 Å². The fourth-order valence-corrected chi connectivity index (χ4v) is 6.91. The van der Waals surface area contributed by atoms with Gasteiger partial charge in [-0.2, -0.15) is 5.26 Å². The minimum atomic E-state index is -0.797. The van der Waals surface area contributed by atoms with Crippen LogP contribution >= 0.6 is 11.6 Å². The number of rotatable bonds is 7. The van der Waals surface area contributed by atoms with Gasteiger partial charge in [-0.25, -0.2) is 9.97 Å². The normalized spacial score (nSPS) is 17.6. The second kappa shape index (κ2) is 11.7. The number of carbonyl (C=O) groups excluding carboxylic acids is 1. The Morgan fingerprint density at radius 2 is 1.91 bits per heavy atom. The summed E-state index contributed by atoms with van der Waals surface area (Å²) in [7, 11) is 1.83. The fourth-order valence-electron chi connectivity index (χ4n) is 6.63. The van der Waals surface area contributed by atoms with E-state index in [1.807, 2.05) is 50.4 Å². The Labute approximate surface area is 275 Å². The van der Waals surface area contributed by atoms with Crippen molar-refractivity contribution in [3.05, 3.63) is 87.5 Å². The predicted molar refractivity (Wildman–Crippen MR) is 177 cm³/mol. The maximum atomic E-state index is 13.2. The summed E-state index contributed by atoms with van der Waals surface area (Å²) in [4.78, 5) is 36.3. The van der Waals surface area contributed by atoms with Crippen molar-refractivity contribution in [1.82, 2.24) is 24.8 Å². The Balaban J connectivity index is 1.18. The summed E-state index contributed by atoms with van der Waals surface area (Å²) in [6.45, 7) is 6.63. The van der Waals surface area contributed by atoms with E-state index in [0.29, 0.717) is 78.2 Å². The van der Waals surface area contributed by atoms with Crippen LogP contribution in [0.2, 0.25) is 5.02 Å². The van der Waals surface area contributed by atoms with Gasteiger partial charge in [-0.3, -0.25) is 14.5 Å². The van der Waals surface area contributed by atoms with E-state index < -0.39 is 11.4 Å². The molecule has 7 rings (SSSR count). The molecule has 0 aliphatic carbocycles. The zero-order chi connectivity index (χ0) is 33.0. The van der Waals surface area contributed by atoms with Crippen LogP contribution in [0.25, 0.3) is 33.7 Å². The molecule has 238 valence electrons. The molecule has 1 saturated heterocycles. The third-order valence-corrected chi connectivity index (χ3v) is 9.74. The molecule has 1 unspecified atom stereocenters. The Bertz CT molecular complexity index is 2150. The number of oxazole rings is 1. The van der Waals surface area contributed by atoms with Crippen molar-refractivity contribution in [2.75, 3.05) is 18.4 Å². The van der Waals surface area contributed by atoms with Gasteiger partial charge >= 0.3 is 5.97 Å². The van der Waals surface area contributed by atoms with E-state index in [4.69, 9.17) is 21.0 Å². The molecule has 2 aliphatic rings. The van der Waals surface area contributed by atoms with Crippen molar-refractivity contribution in [3.63, 3.8) is 0 Å². The predicted octanol–water partition coefficient (Wildman–Crippen LogP) is 5.88. The first kappa shape index (κ1) is 30.6. The molecule has 0 bridgehead atoms. The van der Waals surface area contributed by atoms with Gasteiger partial charge in [0.2, 0.25) is 5.89 Å². The monoisotopic (exact) mass is 649 g/mol. The van der Waals surface area contributed by atoms with Gasteiger partial charge in [0.25, 0.3) is 5.91 Å². The smallest absolute Gasteiger partial charge is 0.310 e. The lowest BCUT2D eigenvalue weighted by atomic mass is 9.90. The summed E-state index contributed by atoms with van der Waals surface area (Å²) in [5.74, 6) is -0.447. The van der Waals surface area contributed by atoms with Crippen molar-refractivity contribution >= 4 is 40.3 Å². The number of hydrogen-bond donors (Lipinski definition) is 3. The van der Waals surface area contributed by atoms with Gasteiger partial charge in [0.1, 0.15) is 11.6 Å². The van der Waals surface area contributed by atoms with Gasteiger partial charge in [0.15, 0.2) is 11.4 Å². The number of anilines is 1. The van der Waals surface area contributed by atoms with Gasteiger partial charge in [0.05, 0.1) is 33.1 Å². The number of imidazole rings is 1. The lowest BCUT2D eigenvalue weighted by molar-refractivity contribution is -0.147. The van der Waals surface area contributed by atoms with Crippen molar-refractivity contribution in [3.8, 4) is 28.7 Å². The second-order valence-corrected chi connectivity index (χ2v) is 12.9. The maximum Gasteiger partial charge on any atom is 0.310 e. The SMILES string of the molecule is Cc1c(-c2nc3cc(CN4CCC(C)(C(=O)O)C4)cc(C#N)c3o2)cccc1-c1cccc(NC(=O)c2nc3c(n2C)CNC3)c1Cl. The highest BCUT2D eigenvalue weighted by Gasteiger charge is 2.40. The van der Waals surface area contributed by atoms with E-state index in [1.165, 1.54) is 0 Å². The number of aliphatic carboxylic acids is 1. The van der Waals surface area contributed by atoms with E-state index in [0.717, 1.165) is 39.2 Å². The van der Waals surface area contributed by atoms with E-state index >= 15 is 0 Å². The molecule has 2 aliphatic heterocycles. The first-order valence-corrected chi connectivity index (χ1v) is 15.7. The van der Waals surface area contributed by atoms with Crippen LogP contribution in [-0.4, -0.2) is 49.5 Å². The largest absolute Gasteiger partial charge is 0.481 e. The van der Waals surface area contributed by atoms with Crippen molar-refractivity contribution in [1.29, 1.82) is 5.26 Å². The third-order valence-electron chi connectivity index (χ3n) is 9.33. The number of benzene rings is 3. The molecule has 1 fully saturated rings. The van der Waals surface area contributed by atoms with E-state index in [2.05, 4.69) is 26.6 Å². The second-order valence-electron chi connectivity index (χ2n) is 12.5. The van der Waals surface area contributed by atoms with E-state index in [1.54, 1.807) is 23.6 Å². The topological polar surface area (TPSA) is 149 Å². The minimum Gasteiger partial charge on any atom is -0.481 e.